The van der Waals surface area contributed by atoms with Crippen molar-refractivity contribution in [3.63, 3.8) is 0 Å². The summed E-state index contributed by atoms with van der Waals surface area (Å²) < 4.78 is 2.23. The van der Waals surface area contributed by atoms with Crippen molar-refractivity contribution >= 4 is 5.91 Å². The Bertz CT molecular complexity index is 790. The summed E-state index contributed by atoms with van der Waals surface area (Å²) in [6.07, 6.45) is 4.77. The molecule has 0 saturated carbocycles. The van der Waals surface area contributed by atoms with Gasteiger partial charge in [0.15, 0.2) is 0 Å². The van der Waals surface area contributed by atoms with Gasteiger partial charge in [-0.1, -0.05) is 0 Å². The van der Waals surface area contributed by atoms with Gasteiger partial charge in [-0.3, -0.25) is 9.78 Å². The first-order chi connectivity index (χ1) is 12.0. The SMILES string of the molecule is Cc1cc(C(=O)N2CCC3(CN(C)C3)C2)c(C)n1Cc1ccncc1. The second kappa shape index (κ2) is 5.99. The van der Waals surface area contributed by atoms with E-state index in [2.05, 4.69) is 46.3 Å². The van der Waals surface area contributed by atoms with Gasteiger partial charge < -0.3 is 14.4 Å². The standard InChI is InChI=1S/C20H26N4O/c1-15-10-18(16(2)24(15)11-17-4-7-21-8-5-17)19(25)23-9-6-20(14-23)12-22(3)13-20/h4-5,7-8,10H,6,9,11-14H2,1-3H3. The number of pyridine rings is 1. The fraction of sp³-hybridized carbons (Fsp3) is 0.500. The first kappa shape index (κ1) is 16.3. The molecule has 25 heavy (non-hydrogen) atoms. The number of hydrogen-bond acceptors (Lipinski definition) is 3. The predicted octanol–water partition coefficient (Wildman–Crippen LogP) is 2.33. The summed E-state index contributed by atoms with van der Waals surface area (Å²) in [5, 5.41) is 0. The van der Waals surface area contributed by atoms with Gasteiger partial charge in [0.2, 0.25) is 0 Å². The summed E-state index contributed by atoms with van der Waals surface area (Å²) in [5.74, 6) is 0.195. The van der Waals surface area contributed by atoms with E-state index in [4.69, 9.17) is 0 Å². The first-order valence-electron chi connectivity index (χ1n) is 9.01. The normalized spacial score (nSPS) is 19.4. The summed E-state index contributed by atoms with van der Waals surface area (Å²) in [6.45, 7) is 8.96. The molecular formula is C20H26N4O. The molecule has 1 amide bonds. The highest BCUT2D eigenvalue weighted by molar-refractivity contribution is 5.96. The van der Waals surface area contributed by atoms with E-state index in [9.17, 15) is 4.79 Å². The van der Waals surface area contributed by atoms with E-state index in [0.29, 0.717) is 5.41 Å². The number of rotatable bonds is 3. The summed E-state index contributed by atoms with van der Waals surface area (Å²) in [6, 6.07) is 6.10. The molecule has 0 radical (unpaired) electrons. The topological polar surface area (TPSA) is 41.4 Å². The van der Waals surface area contributed by atoms with Crippen LogP contribution >= 0.6 is 0 Å². The molecule has 2 aromatic rings. The van der Waals surface area contributed by atoms with Gasteiger partial charge in [-0.05, 0) is 51.1 Å². The van der Waals surface area contributed by atoms with Crippen LogP contribution in [0.2, 0.25) is 0 Å². The predicted molar refractivity (Wildman–Crippen MR) is 97.7 cm³/mol. The number of aryl methyl sites for hydroxylation is 1. The molecule has 5 nitrogen and oxygen atoms in total. The van der Waals surface area contributed by atoms with E-state index in [-0.39, 0.29) is 5.91 Å². The minimum atomic E-state index is 0.195. The van der Waals surface area contributed by atoms with E-state index in [0.717, 1.165) is 56.1 Å². The van der Waals surface area contributed by atoms with Crippen LogP contribution in [0.15, 0.2) is 30.6 Å². The van der Waals surface area contributed by atoms with Crippen LogP contribution in [-0.4, -0.2) is 58.5 Å². The van der Waals surface area contributed by atoms with Gasteiger partial charge in [-0.2, -0.15) is 0 Å². The smallest absolute Gasteiger partial charge is 0.255 e. The molecule has 4 rings (SSSR count). The number of nitrogens with zero attached hydrogens (tertiary/aromatic N) is 4. The lowest BCUT2D eigenvalue weighted by Gasteiger charge is -2.46. The molecule has 2 aliphatic rings. The number of likely N-dealkylation sites (tertiary alicyclic amines) is 2. The molecule has 0 bridgehead atoms. The minimum absolute atomic E-state index is 0.195. The lowest BCUT2D eigenvalue weighted by Crippen LogP contribution is -2.55. The molecule has 2 fully saturated rings. The van der Waals surface area contributed by atoms with Crippen molar-refractivity contribution in [2.24, 2.45) is 5.41 Å². The maximum Gasteiger partial charge on any atom is 0.255 e. The van der Waals surface area contributed by atoms with Crippen molar-refractivity contribution in [2.75, 3.05) is 33.2 Å². The molecule has 2 saturated heterocycles. The molecule has 0 unspecified atom stereocenters. The Morgan fingerprint density at radius 1 is 1.20 bits per heavy atom. The fourth-order valence-electron chi connectivity index (χ4n) is 4.57. The van der Waals surface area contributed by atoms with Gasteiger partial charge in [0.25, 0.3) is 5.91 Å². The molecule has 0 aliphatic carbocycles. The third kappa shape index (κ3) is 2.86. The monoisotopic (exact) mass is 338 g/mol. The largest absolute Gasteiger partial charge is 0.344 e. The molecule has 2 aromatic heterocycles. The van der Waals surface area contributed by atoms with Crippen molar-refractivity contribution in [3.05, 3.63) is 53.1 Å². The van der Waals surface area contributed by atoms with E-state index < -0.39 is 0 Å². The number of carbonyl (C=O) groups excluding carboxylic acids is 1. The number of amides is 1. The van der Waals surface area contributed by atoms with Gasteiger partial charge in [-0.25, -0.2) is 0 Å². The summed E-state index contributed by atoms with van der Waals surface area (Å²) >= 11 is 0. The highest BCUT2D eigenvalue weighted by Crippen LogP contribution is 2.39. The Morgan fingerprint density at radius 3 is 2.60 bits per heavy atom. The van der Waals surface area contributed by atoms with Crippen molar-refractivity contribution in [1.29, 1.82) is 0 Å². The van der Waals surface area contributed by atoms with Gasteiger partial charge in [-0.15, -0.1) is 0 Å². The molecular weight excluding hydrogens is 312 g/mol. The van der Waals surface area contributed by atoms with Gasteiger partial charge in [0, 0.05) is 61.9 Å². The molecule has 4 heterocycles. The Kier molecular flexibility index (Phi) is 3.91. The Labute approximate surface area is 149 Å². The molecule has 0 aromatic carbocycles. The zero-order valence-corrected chi connectivity index (χ0v) is 15.3. The van der Waals surface area contributed by atoms with Crippen molar-refractivity contribution in [1.82, 2.24) is 19.4 Å². The zero-order valence-electron chi connectivity index (χ0n) is 15.3. The molecule has 1 spiro atoms. The number of aromatic nitrogens is 2. The lowest BCUT2D eigenvalue weighted by molar-refractivity contribution is 0.0293. The first-order valence-corrected chi connectivity index (χ1v) is 9.01. The van der Waals surface area contributed by atoms with Crippen LogP contribution in [0.5, 0.6) is 0 Å². The summed E-state index contributed by atoms with van der Waals surface area (Å²) in [7, 11) is 2.16. The fourth-order valence-corrected chi connectivity index (χ4v) is 4.57. The van der Waals surface area contributed by atoms with E-state index in [1.165, 1.54) is 5.56 Å². The number of carbonyl (C=O) groups is 1. The molecule has 132 valence electrons. The molecule has 5 heteroatoms. The molecule has 0 N–H and O–H groups in total. The quantitative estimate of drug-likeness (QED) is 0.862. The minimum Gasteiger partial charge on any atom is -0.344 e. The lowest BCUT2D eigenvalue weighted by atomic mass is 9.79. The average molecular weight is 338 g/mol. The highest BCUT2D eigenvalue weighted by atomic mass is 16.2. The zero-order chi connectivity index (χ0) is 17.6. The molecule has 0 atom stereocenters. The highest BCUT2D eigenvalue weighted by Gasteiger charge is 2.47. The van der Waals surface area contributed by atoms with Crippen LogP contribution in [0, 0.1) is 19.3 Å². The third-order valence-corrected chi connectivity index (χ3v) is 5.83. The van der Waals surface area contributed by atoms with Crippen LogP contribution in [-0.2, 0) is 6.54 Å². The Morgan fingerprint density at radius 2 is 1.92 bits per heavy atom. The third-order valence-electron chi connectivity index (χ3n) is 5.83. The number of hydrogen-bond donors (Lipinski definition) is 0. The van der Waals surface area contributed by atoms with E-state index in [1.54, 1.807) is 0 Å². The van der Waals surface area contributed by atoms with Crippen LogP contribution in [0.4, 0.5) is 0 Å². The van der Waals surface area contributed by atoms with Crippen LogP contribution < -0.4 is 0 Å². The van der Waals surface area contributed by atoms with Crippen LogP contribution in [0.25, 0.3) is 0 Å². The van der Waals surface area contributed by atoms with E-state index in [1.807, 2.05) is 24.5 Å². The van der Waals surface area contributed by atoms with Crippen molar-refractivity contribution < 1.29 is 4.79 Å². The van der Waals surface area contributed by atoms with Crippen molar-refractivity contribution in [2.45, 2.75) is 26.8 Å². The Hall–Kier alpha value is -2.14. The summed E-state index contributed by atoms with van der Waals surface area (Å²) in [4.78, 5) is 21.6. The van der Waals surface area contributed by atoms with E-state index >= 15 is 0 Å². The second-order valence-corrected chi connectivity index (χ2v) is 7.88. The van der Waals surface area contributed by atoms with Gasteiger partial charge in [0.05, 0.1) is 5.56 Å². The maximum atomic E-state index is 13.1. The van der Waals surface area contributed by atoms with Gasteiger partial charge in [0.1, 0.15) is 0 Å². The molecule has 2 aliphatic heterocycles. The summed E-state index contributed by atoms with van der Waals surface area (Å²) in [5.41, 5.74) is 4.61. The van der Waals surface area contributed by atoms with Crippen molar-refractivity contribution in [3.8, 4) is 0 Å². The van der Waals surface area contributed by atoms with Gasteiger partial charge >= 0.3 is 0 Å². The maximum absolute atomic E-state index is 13.1. The average Bonchev–Trinajstić information content (AvgIpc) is 3.12. The Balaban J connectivity index is 1.53. The van der Waals surface area contributed by atoms with Crippen LogP contribution in [0.3, 0.4) is 0 Å². The second-order valence-electron chi connectivity index (χ2n) is 7.88. The van der Waals surface area contributed by atoms with Crippen LogP contribution in [0.1, 0.15) is 33.7 Å².